The number of aliphatic hydroxyl groups is 1. The average molecular weight is 335 g/mol. The number of aliphatic hydroxyl groups excluding tert-OH is 1. The van der Waals surface area contributed by atoms with Crippen molar-refractivity contribution < 1.29 is 24.9 Å². The van der Waals surface area contributed by atoms with Gasteiger partial charge in [-0.15, -0.1) is 0 Å². The number of nitrogens with zero attached hydrogens (tertiary/aromatic N) is 2. The summed E-state index contributed by atoms with van der Waals surface area (Å²) in [5.74, 6) is -2.05. The van der Waals surface area contributed by atoms with Crippen LogP contribution in [0.5, 0.6) is 0 Å². The molecule has 0 saturated carbocycles. The van der Waals surface area contributed by atoms with Crippen molar-refractivity contribution in [1.82, 2.24) is 16.2 Å². The maximum absolute atomic E-state index is 11.7. The summed E-state index contributed by atoms with van der Waals surface area (Å²) in [4.78, 5) is 36.9. The van der Waals surface area contributed by atoms with Crippen LogP contribution in [0.25, 0.3) is 0 Å². The fraction of sp³-hybridized carbons (Fsp3) is 0.700. The van der Waals surface area contributed by atoms with Crippen LogP contribution < -0.4 is 27.7 Å². The summed E-state index contributed by atoms with van der Waals surface area (Å²) >= 11 is 0. The number of hydrazine groups is 1. The van der Waals surface area contributed by atoms with Crippen molar-refractivity contribution in [2.75, 3.05) is 6.54 Å². The molecule has 0 aromatic carbocycles. The Kier molecular flexibility index (Phi) is 9.14. The molecule has 9 N–H and O–H groups in total. The predicted molar refractivity (Wildman–Crippen MR) is 77.4 cm³/mol. The van der Waals surface area contributed by atoms with Crippen molar-refractivity contribution in [2.45, 2.75) is 38.0 Å². The summed E-state index contributed by atoms with van der Waals surface area (Å²) in [7, 11) is 0. The number of nitro groups is 1. The van der Waals surface area contributed by atoms with Gasteiger partial charge in [0.25, 0.3) is 11.9 Å². The Hall–Kier alpha value is -2.51. The minimum Gasteiger partial charge on any atom is -0.391 e. The molecule has 0 aromatic heterocycles. The van der Waals surface area contributed by atoms with Crippen LogP contribution >= 0.6 is 0 Å². The lowest BCUT2D eigenvalue weighted by Crippen LogP contribution is -2.54. The van der Waals surface area contributed by atoms with E-state index in [9.17, 15) is 24.8 Å². The lowest BCUT2D eigenvalue weighted by atomic mass is 10.1. The number of rotatable bonds is 9. The van der Waals surface area contributed by atoms with E-state index in [-0.39, 0.29) is 19.4 Å². The van der Waals surface area contributed by atoms with Crippen LogP contribution in [0.2, 0.25) is 0 Å². The summed E-state index contributed by atoms with van der Waals surface area (Å²) in [5.41, 5.74) is 13.7. The minimum absolute atomic E-state index is 0.0419. The number of amides is 2. The number of aliphatic imine (C=N–C) groups is 1. The highest BCUT2D eigenvalue weighted by Gasteiger charge is 2.25. The normalized spacial score (nSPS) is 15.2. The molecule has 2 unspecified atom stereocenters. The first-order valence-electron chi connectivity index (χ1n) is 6.58. The average Bonchev–Trinajstić information content (AvgIpc) is 2.47. The highest BCUT2D eigenvalue weighted by Crippen LogP contribution is 2.00. The van der Waals surface area contributed by atoms with E-state index < -0.39 is 41.0 Å². The van der Waals surface area contributed by atoms with Gasteiger partial charge < -0.3 is 21.9 Å². The molecule has 3 atom stereocenters. The second-order valence-corrected chi connectivity index (χ2v) is 4.58. The Bertz CT molecular complexity index is 455. The summed E-state index contributed by atoms with van der Waals surface area (Å²) < 4.78 is 0. The quantitative estimate of drug-likeness (QED) is 0.0555. The molecule has 0 rings (SSSR count). The van der Waals surface area contributed by atoms with Gasteiger partial charge in [0.1, 0.15) is 12.1 Å². The van der Waals surface area contributed by atoms with Crippen LogP contribution in [-0.2, 0) is 9.59 Å². The van der Waals surface area contributed by atoms with E-state index in [0.717, 1.165) is 0 Å². The standard InChI is InChI=1S/C10H21N7O6/c1-5(18)7(11)9(20)14-6(8(19)16-21)3-2-4-13-10(12)15-17(22)23/h5-7,18,21H,2-4,11H2,1H3,(H,14,20)(H,16,19)(H3,12,13,15)/t5?,6-,7?/m0/s1. The molecule has 0 aliphatic heterocycles. The van der Waals surface area contributed by atoms with Gasteiger partial charge >= 0.3 is 0 Å². The van der Waals surface area contributed by atoms with Crippen LogP contribution in [0, 0.1) is 10.1 Å². The molecule has 23 heavy (non-hydrogen) atoms. The number of hydrogen-bond acceptors (Lipinski definition) is 8. The molecule has 0 spiro atoms. The van der Waals surface area contributed by atoms with Gasteiger partial charge in [-0.2, -0.15) is 0 Å². The van der Waals surface area contributed by atoms with Crippen molar-refractivity contribution in [3.63, 3.8) is 0 Å². The summed E-state index contributed by atoms with van der Waals surface area (Å²) in [6.45, 7) is 1.35. The largest absolute Gasteiger partial charge is 0.391 e. The first kappa shape index (κ1) is 20.5. The second kappa shape index (κ2) is 10.3. The maximum Gasteiger partial charge on any atom is 0.265 e. The Balaban J connectivity index is 4.50. The van der Waals surface area contributed by atoms with Crippen molar-refractivity contribution in [1.29, 1.82) is 0 Å². The molecule has 0 aliphatic rings. The monoisotopic (exact) mass is 335 g/mol. The molecule has 132 valence electrons. The van der Waals surface area contributed by atoms with E-state index in [4.69, 9.17) is 16.7 Å². The Morgan fingerprint density at radius 1 is 1.39 bits per heavy atom. The summed E-state index contributed by atoms with van der Waals surface area (Å²) in [5, 5.41) is 29.3. The number of hydrogen-bond donors (Lipinski definition) is 7. The van der Waals surface area contributed by atoms with Crippen molar-refractivity contribution in [3.05, 3.63) is 10.1 Å². The third kappa shape index (κ3) is 8.50. The number of nitrogens with two attached hydrogens (primary N) is 2. The molecule has 0 radical (unpaired) electrons. The first-order valence-corrected chi connectivity index (χ1v) is 6.58. The van der Waals surface area contributed by atoms with E-state index in [0.29, 0.717) is 0 Å². The SMILES string of the molecule is CC(O)C(N)C(=O)N[C@@H](CCCN=C(N)N[N+](=O)[O-])C(=O)NO. The second-order valence-electron chi connectivity index (χ2n) is 4.58. The maximum atomic E-state index is 11.7. The highest BCUT2D eigenvalue weighted by atomic mass is 16.7. The third-order valence-electron chi connectivity index (χ3n) is 2.70. The predicted octanol–water partition coefficient (Wildman–Crippen LogP) is -3.44. The smallest absolute Gasteiger partial charge is 0.265 e. The van der Waals surface area contributed by atoms with Crippen LogP contribution in [0.1, 0.15) is 19.8 Å². The fourth-order valence-electron chi connectivity index (χ4n) is 1.46. The van der Waals surface area contributed by atoms with Gasteiger partial charge in [-0.1, -0.05) is 5.43 Å². The highest BCUT2D eigenvalue weighted by molar-refractivity contribution is 5.89. The zero-order valence-electron chi connectivity index (χ0n) is 12.4. The molecule has 0 saturated heterocycles. The van der Waals surface area contributed by atoms with E-state index in [1.165, 1.54) is 12.4 Å². The fourth-order valence-corrected chi connectivity index (χ4v) is 1.46. The van der Waals surface area contributed by atoms with Crippen molar-refractivity contribution >= 4 is 17.8 Å². The van der Waals surface area contributed by atoms with Gasteiger partial charge in [0.15, 0.2) is 5.03 Å². The van der Waals surface area contributed by atoms with Gasteiger partial charge in [-0.25, -0.2) is 20.6 Å². The molecule has 0 aromatic rings. The van der Waals surface area contributed by atoms with Crippen LogP contribution in [0.4, 0.5) is 0 Å². The molecule has 13 heteroatoms. The summed E-state index contributed by atoms with van der Waals surface area (Å²) in [6.07, 6.45) is -0.840. The van der Waals surface area contributed by atoms with E-state index >= 15 is 0 Å². The van der Waals surface area contributed by atoms with E-state index in [2.05, 4.69) is 10.3 Å². The Morgan fingerprint density at radius 2 is 2.00 bits per heavy atom. The molecule has 13 nitrogen and oxygen atoms in total. The molecule has 2 amide bonds. The molecule has 0 aliphatic carbocycles. The van der Waals surface area contributed by atoms with Crippen molar-refractivity contribution in [2.24, 2.45) is 16.5 Å². The molecular formula is C10H21N7O6. The number of carbonyl (C=O) groups is 2. The minimum atomic E-state index is -1.23. The van der Waals surface area contributed by atoms with Crippen LogP contribution in [0.15, 0.2) is 4.99 Å². The Morgan fingerprint density at radius 3 is 2.48 bits per heavy atom. The first-order chi connectivity index (χ1) is 10.7. The topological polar surface area (TPSA) is 218 Å². The third-order valence-corrected chi connectivity index (χ3v) is 2.70. The molecule has 0 bridgehead atoms. The van der Waals surface area contributed by atoms with Crippen LogP contribution in [-0.4, -0.2) is 57.9 Å². The van der Waals surface area contributed by atoms with E-state index in [1.54, 1.807) is 5.43 Å². The van der Waals surface area contributed by atoms with Crippen LogP contribution in [0.3, 0.4) is 0 Å². The lowest BCUT2D eigenvalue weighted by Gasteiger charge is -2.20. The van der Waals surface area contributed by atoms with Gasteiger partial charge in [0.2, 0.25) is 5.91 Å². The van der Waals surface area contributed by atoms with E-state index in [1.807, 2.05) is 0 Å². The van der Waals surface area contributed by atoms with Gasteiger partial charge in [-0.3, -0.25) is 14.8 Å². The zero-order valence-corrected chi connectivity index (χ0v) is 12.4. The Labute approximate surface area is 131 Å². The molecular weight excluding hydrogens is 314 g/mol. The number of guanidine groups is 1. The number of hydroxylamine groups is 1. The molecule has 0 heterocycles. The number of nitrogens with one attached hydrogen (secondary N) is 3. The number of carbonyl (C=O) groups excluding carboxylic acids is 2. The van der Waals surface area contributed by atoms with Gasteiger partial charge in [0.05, 0.1) is 6.10 Å². The lowest BCUT2D eigenvalue weighted by molar-refractivity contribution is -0.525. The molecule has 0 fully saturated rings. The van der Waals surface area contributed by atoms with Crippen molar-refractivity contribution in [3.8, 4) is 0 Å². The van der Waals surface area contributed by atoms with Gasteiger partial charge in [-0.05, 0) is 19.8 Å². The van der Waals surface area contributed by atoms with Gasteiger partial charge in [0, 0.05) is 6.54 Å². The zero-order chi connectivity index (χ0) is 18.0. The summed E-state index contributed by atoms with van der Waals surface area (Å²) in [6, 6.07) is -2.35.